The van der Waals surface area contributed by atoms with Crippen LogP contribution in [0.4, 0.5) is 0 Å². The Bertz CT molecular complexity index is 738. The topological polar surface area (TPSA) is 171 Å². The maximum atomic E-state index is 12.0. The lowest BCUT2D eigenvalue weighted by atomic mass is 9.88. The van der Waals surface area contributed by atoms with Crippen molar-refractivity contribution in [2.24, 2.45) is 11.3 Å². The van der Waals surface area contributed by atoms with E-state index >= 15 is 0 Å². The standard InChI is InChI=1S/C15H28O11S2/c1-10(2)13(17)25-11(3)26-14(18)12(16)15(4,5)9-24-28(22,23)8-6-7-27(19,20)21/h10-12,16H,6-9H2,1-5H3,(H,19,20,21)/t11?,12-/m0/s1. The second-order valence-electron chi connectivity index (χ2n) is 7.15. The molecule has 0 radical (unpaired) electrons. The molecule has 11 nitrogen and oxygen atoms in total. The van der Waals surface area contributed by atoms with Crippen LogP contribution >= 0.6 is 0 Å². The SMILES string of the molecule is CC(OC(=O)C(C)C)OC(=O)[C@H](O)C(C)(C)COS(=O)(=O)CCCS(=O)(=O)O. The fraction of sp³-hybridized carbons (Fsp3) is 0.867. The maximum absolute atomic E-state index is 12.0. The molecule has 0 amide bonds. The number of carbonyl (C=O) groups excluding carboxylic acids is 2. The summed E-state index contributed by atoms with van der Waals surface area (Å²) in [7, 11) is -8.45. The minimum atomic E-state index is -4.30. The van der Waals surface area contributed by atoms with Crippen LogP contribution in [0, 0.1) is 11.3 Å². The quantitative estimate of drug-likeness (QED) is 0.179. The first kappa shape index (κ1) is 26.7. The number of aliphatic hydroxyl groups excluding tert-OH is 1. The summed E-state index contributed by atoms with van der Waals surface area (Å²) in [5.74, 6) is -3.61. The van der Waals surface area contributed by atoms with Crippen molar-refractivity contribution in [2.45, 2.75) is 53.4 Å². The number of rotatable bonds is 12. The predicted octanol–water partition coefficient (Wildman–Crippen LogP) is 0.0862. The average molecular weight is 449 g/mol. The molecule has 0 bridgehead atoms. The van der Waals surface area contributed by atoms with E-state index in [1.165, 1.54) is 20.8 Å². The van der Waals surface area contributed by atoms with Crippen molar-refractivity contribution in [3.63, 3.8) is 0 Å². The van der Waals surface area contributed by atoms with Crippen LogP contribution in [0.25, 0.3) is 0 Å². The van der Waals surface area contributed by atoms with E-state index in [-0.39, 0.29) is 6.42 Å². The lowest BCUT2D eigenvalue weighted by molar-refractivity contribution is -0.196. The van der Waals surface area contributed by atoms with Crippen LogP contribution in [0.15, 0.2) is 0 Å². The predicted molar refractivity (Wildman–Crippen MR) is 97.0 cm³/mol. The summed E-state index contributed by atoms with van der Waals surface area (Å²) in [4.78, 5) is 23.4. The zero-order valence-electron chi connectivity index (χ0n) is 16.4. The number of hydrogen-bond acceptors (Lipinski definition) is 10. The molecule has 0 rings (SSSR count). The first-order valence-corrected chi connectivity index (χ1v) is 11.6. The number of carbonyl (C=O) groups is 2. The average Bonchev–Trinajstić information content (AvgIpc) is 2.50. The van der Waals surface area contributed by atoms with Crippen LogP contribution in [0.3, 0.4) is 0 Å². The Morgan fingerprint density at radius 2 is 1.46 bits per heavy atom. The van der Waals surface area contributed by atoms with Crippen LogP contribution in [-0.2, 0) is 43.5 Å². The van der Waals surface area contributed by atoms with Gasteiger partial charge in [-0.25, -0.2) is 4.79 Å². The second kappa shape index (κ2) is 10.5. The molecular formula is C15H28O11S2. The first-order valence-electron chi connectivity index (χ1n) is 8.38. The highest BCUT2D eigenvalue weighted by Gasteiger charge is 2.37. The van der Waals surface area contributed by atoms with Gasteiger partial charge in [0.15, 0.2) is 6.10 Å². The number of aliphatic hydroxyl groups is 1. The molecule has 0 aromatic carbocycles. The summed E-state index contributed by atoms with van der Waals surface area (Å²) in [6.07, 6.45) is -3.43. The van der Waals surface area contributed by atoms with Gasteiger partial charge in [-0.2, -0.15) is 16.8 Å². The summed E-state index contributed by atoms with van der Waals surface area (Å²) < 4.78 is 67.7. The molecule has 28 heavy (non-hydrogen) atoms. The first-order chi connectivity index (χ1) is 12.5. The van der Waals surface area contributed by atoms with Crippen molar-refractivity contribution in [3.8, 4) is 0 Å². The Labute approximate surface area is 165 Å². The smallest absolute Gasteiger partial charge is 0.338 e. The Morgan fingerprint density at radius 3 is 1.93 bits per heavy atom. The van der Waals surface area contributed by atoms with Crippen molar-refractivity contribution >= 4 is 32.2 Å². The molecule has 0 saturated heterocycles. The minimum Gasteiger partial charge on any atom is -0.425 e. The highest BCUT2D eigenvalue weighted by Crippen LogP contribution is 2.24. The zero-order chi connectivity index (χ0) is 22.3. The van der Waals surface area contributed by atoms with E-state index in [1.54, 1.807) is 13.8 Å². The van der Waals surface area contributed by atoms with Crippen LogP contribution in [0.2, 0.25) is 0 Å². The summed E-state index contributed by atoms with van der Waals surface area (Å²) in [6.45, 7) is 6.55. The normalized spacial score (nSPS) is 15.1. The molecule has 0 aromatic heterocycles. The van der Waals surface area contributed by atoms with Crippen molar-refractivity contribution in [1.29, 1.82) is 0 Å². The monoisotopic (exact) mass is 448 g/mol. The molecule has 0 aliphatic heterocycles. The fourth-order valence-corrected chi connectivity index (χ4v) is 3.46. The molecule has 13 heteroatoms. The molecule has 0 aliphatic carbocycles. The summed E-state index contributed by atoms with van der Waals surface area (Å²) in [6, 6.07) is 0. The molecule has 2 atom stereocenters. The van der Waals surface area contributed by atoms with E-state index in [1.807, 2.05) is 0 Å². The molecule has 0 saturated carbocycles. The molecule has 1 unspecified atom stereocenters. The van der Waals surface area contributed by atoms with Gasteiger partial charge in [-0.15, -0.1) is 0 Å². The molecule has 0 aliphatic rings. The van der Waals surface area contributed by atoms with Crippen molar-refractivity contribution in [1.82, 2.24) is 0 Å². The van der Waals surface area contributed by atoms with Crippen molar-refractivity contribution in [2.75, 3.05) is 18.1 Å². The van der Waals surface area contributed by atoms with Gasteiger partial charge in [0.25, 0.3) is 20.2 Å². The van der Waals surface area contributed by atoms with Crippen LogP contribution in [-0.4, -0.2) is 68.9 Å². The highest BCUT2D eigenvalue weighted by molar-refractivity contribution is 7.87. The summed E-state index contributed by atoms with van der Waals surface area (Å²) in [5, 5.41) is 10.1. The van der Waals surface area contributed by atoms with E-state index < -0.39 is 74.0 Å². The third-order valence-corrected chi connectivity index (χ3v) is 5.48. The van der Waals surface area contributed by atoms with E-state index in [0.29, 0.717) is 0 Å². The van der Waals surface area contributed by atoms with Gasteiger partial charge in [0, 0.05) is 12.3 Å². The van der Waals surface area contributed by atoms with Gasteiger partial charge in [0.05, 0.1) is 24.0 Å². The Morgan fingerprint density at radius 1 is 0.964 bits per heavy atom. The molecule has 166 valence electrons. The maximum Gasteiger partial charge on any atom is 0.338 e. The van der Waals surface area contributed by atoms with Crippen molar-refractivity contribution < 1.29 is 49.7 Å². The van der Waals surface area contributed by atoms with E-state index in [2.05, 4.69) is 0 Å². The lowest BCUT2D eigenvalue weighted by Crippen LogP contribution is -2.43. The highest BCUT2D eigenvalue weighted by atomic mass is 32.2. The van der Waals surface area contributed by atoms with Crippen LogP contribution in [0.5, 0.6) is 0 Å². The molecule has 2 N–H and O–H groups in total. The van der Waals surface area contributed by atoms with Gasteiger partial charge in [0.2, 0.25) is 6.29 Å². The molecule has 0 aromatic rings. The third kappa shape index (κ3) is 10.9. The van der Waals surface area contributed by atoms with Gasteiger partial charge in [0.1, 0.15) is 0 Å². The minimum absolute atomic E-state index is 0.384. The number of hydrogen-bond donors (Lipinski definition) is 2. The Kier molecular flexibility index (Phi) is 10.0. The molecular weight excluding hydrogens is 420 g/mol. The second-order valence-corrected chi connectivity index (χ2v) is 10.5. The third-order valence-electron chi connectivity index (χ3n) is 3.41. The largest absolute Gasteiger partial charge is 0.425 e. The summed E-state index contributed by atoms with van der Waals surface area (Å²) >= 11 is 0. The van der Waals surface area contributed by atoms with Crippen LogP contribution < -0.4 is 0 Å². The number of esters is 2. The zero-order valence-corrected chi connectivity index (χ0v) is 18.1. The van der Waals surface area contributed by atoms with Gasteiger partial charge in [-0.05, 0) is 6.42 Å². The molecule has 0 fully saturated rings. The van der Waals surface area contributed by atoms with E-state index in [9.17, 15) is 31.5 Å². The Balaban J connectivity index is 4.69. The Hall–Kier alpha value is -1.28. The van der Waals surface area contributed by atoms with Gasteiger partial charge >= 0.3 is 11.9 Å². The lowest BCUT2D eigenvalue weighted by Gasteiger charge is -2.29. The number of ether oxygens (including phenoxy) is 2. The molecule has 0 spiro atoms. The summed E-state index contributed by atoms with van der Waals surface area (Å²) in [5.41, 5.74) is -1.39. The van der Waals surface area contributed by atoms with Gasteiger partial charge in [-0.3, -0.25) is 13.5 Å². The molecule has 0 heterocycles. The van der Waals surface area contributed by atoms with E-state index in [4.69, 9.17) is 18.2 Å². The van der Waals surface area contributed by atoms with Crippen molar-refractivity contribution in [3.05, 3.63) is 0 Å². The van der Waals surface area contributed by atoms with Gasteiger partial charge in [-0.1, -0.05) is 27.7 Å². The van der Waals surface area contributed by atoms with E-state index in [0.717, 1.165) is 0 Å². The fourth-order valence-electron chi connectivity index (χ4n) is 1.67. The van der Waals surface area contributed by atoms with Gasteiger partial charge < -0.3 is 14.6 Å². The van der Waals surface area contributed by atoms with Crippen LogP contribution in [0.1, 0.15) is 41.0 Å².